The molecule has 1 unspecified atom stereocenters. The van der Waals surface area contributed by atoms with Crippen LogP contribution in [0.15, 0.2) is 24.3 Å². The zero-order valence-electron chi connectivity index (χ0n) is 16.8. The zero-order valence-corrected chi connectivity index (χ0v) is 19.2. The molecule has 0 radical (unpaired) electrons. The Bertz CT molecular complexity index is 1250. The topological polar surface area (TPSA) is 131 Å². The molecule has 1 fully saturated rings. The van der Waals surface area contributed by atoms with E-state index in [9.17, 15) is 18.0 Å². The molecule has 168 valence electrons. The van der Waals surface area contributed by atoms with E-state index in [-0.39, 0.29) is 34.0 Å². The number of rotatable bonds is 6. The van der Waals surface area contributed by atoms with Gasteiger partial charge in [0, 0.05) is 16.7 Å². The van der Waals surface area contributed by atoms with Gasteiger partial charge < -0.3 is 10.1 Å². The summed E-state index contributed by atoms with van der Waals surface area (Å²) in [5, 5.41) is 16.4. The first-order valence-corrected chi connectivity index (χ1v) is 12.0. The number of ether oxygens (including phenoxy) is 1. The average molecular weight is 497 g/mol. The molecule has 0 spiro atoms. The predicted octanol–water partition coefficient (Wildman–Crippen LogP) is 2.92. The summed E-state index contributed by atoms with van der Waals surface area (Å²) in [4.78, 5) is 24.0. The molecule has 9 nitrogen and oxygen atoms in total. The van der Waals surface area contributed by atoms with E-state index in [1.807, 2.05) is 6.07 Å². The number of anilines is 1. The fraction of sp³-hybridized carbons (Fsp3) is 0.300. The van der Waals surface area contributed by atoms with Crippen molar-refractivity contribution in [1.29, 1.82) is 5.26 Å². The molecule has 1 amide bonds. The smallest absolute Gasteiger partial charge is 0.331 e. The maximum atomic E-state index is 12.0. The number of nitriles is 1. The van der Waals surface area contributed by atoms with Crippen molar-refractivity contribution < 1.29 is 22.7 Å². The Morgan fingerprint density at radius 2 is 2.16 bits per heavy atom. The maximum Gasteiger partial charge on any atom is 0.331 e. The summed E-state index contributed by atoms with van der Waals surface area (Å²) in [6.07, 6.45) is 2.91. The number of carbonyl (C=O) groups is 2. The molecule has 0 bridgehead atoms. The van der Waals surface area contributed by atoms with Crippen molar-refractivity contribution in [2.45, 2.75) is 19.4 Å². The Kier molecular flexibility index (Phi) is 7.23. The van der Waals surface area contributed by atoms with Crippen molar-refractivity contribution in [2.75, 3.05) is 23.4 Å². The van der Waals surface area contributed by atoms with Crippen LogP contribution in [0, 0.1) is 18.3 Å². The van der Waals surface area contributed by atoms with Crippen molar-refractivity contribution in [3.8, 4) is 6.07 Å². The largest absolute Gasteiger partial charge is 0.452 e. The summed E-state index contributed by atoms with van der Waals surface area (Å²) in [6.45, 7) is 1.11. The van der Waals surface area contributed by atoms with Crippen LogP contribution in [0.3, 0.4) is 0 Å². The lowest BCUT2D eigenvalue weighted by atomic mass is 10.2. The van der Waals surface area contributed by atoms with Gasteiger partial charge in [-0.05, 0) is 37.6 Å². The first-order valence-electron chi connectivity index (χ1n) is 9.39. The number of esters is 1. The molecule has 0 aliphatic carbocycles. The van der Waals surface area contributed by atoms with Crippen LogP contribution in [0.2, 0.25) is 10.2 Å². The summed E-state index contributed by atoms with van der Waals surface area (Å²) in [6, 6.07) is 5.96. The summed E-state index contributed by atoms with van der Waals surface area (Å²) in [5.74, 6) is -1.39. The lowest BCUT2D eigenvalue weighted by Gasteiger charge is -2.09. The molecule has 1 N–H and O–H groups in total. The van der Waals surface area contributed by atoms with Gasteiger partial charge in [-0.2, -0.15) is 10.4 Å². The van der Waals surface area contributed by atoms with Gasteiger partial charge >= 0.3 is 5.97 Å². The normalized spacial score (nSPS) is 17.2. The van der Waals surface area contributed by atoms with Crippen molar-refractivity contribution in [2.24, 2.45) is 0 Å². The van der Waals surface area contributed by atoms with Gasteiger partial charge in [-0.1, -0.05) is 23.2 Å². The number of carbonyl (C=O) groups excluding carboxylic acids is 2. The quantitative estimate of drug-likeness (QED) is 0.480. The van der Waals surface area contributed by atoms with E-state index >= 15 is 0 Å². The van der Waals surface area contributed by atoms with Crippen LogP contribution in [0.1, 0.15) is 29.3 Å². The Balaban J connectivity index is 1.60. The lowest BCUT2D eigenvalue weighted by molar-refractivity contribution is -0.142. The van der Waals surface area contributed by atoms with Crippen molar-refractivity contribution >= 4 is 56.7 Å². The number of nitrogens with one attached hydrogen (secondary N) is 1. The predicted molar refractivity (Wildman–Crippen MR) is 119 cm³/mol. The number of aromatic nitrogens is 2. The Hall–Kier alpha value is -2.87. The van der Waals surface area contributed by atoms with Gasteiger partial charge in [0.15, 0.2) is 16.4 Å². The van der Waals surface area contributed by atoms with Gasteiger partial charge in [0.1, 0.15) is 11.2 Å². The molecule has 1 aliphatic rings. The van der Waals surface area contributed by atoms with Gasteiger partial charge in [-0.25, -0.2) is 17.9 Å². The van der Waals surface area contributed by atoms with Gasteiger partial charge in [0.05, 0.1) is 34.5 Å². The number of hydrogen-bond acceptors (Lipinski definition) is 7. The highest BCUT2D eigenvalue weighted by molar-refractivity contribution is 7.91. The fourth-order valence-electron chi connectivity index (χ4n) is 3.17. The first-order chi connectivity index (χ1) is 15.1. The van der Waals surface area contributed by atoms with E-state index < -0.39 is 28.3 Å². The summed E-state index contributed by atoms with van der Waals surface area (Å²) < 4.78 is 29.8. The fourth-order valence-corrected chi connectivity index (χ4v) is 5.41. The molecule has 1 aromatic heterocycles. The van der Waals surface area contributed by atoms with Crippen LogP contribution in [0.5, 0.6) is 0 Å². The second-order valence-corrected chi connectivity index (χ2v) is 10.1. The van der Waals surface area contributed by atoms with Crippen LogP contribution in [0.4, 0.5) is 5.69 Å². The first kappa shape index (κ1) is 23.8. The van der Waals surface area contributed by atoms with Crippen LogP contribution in [-0.4, -0.2) is 48.2 Å². The zero-order chi connectivity index (χ0) is 23.5. The van der Waals surface area contributed by atoms with Gasteiger partial charge in [-0.15, -0.1) is 0 Å². The van der Waals surface area contributed by atoms with Crippen molar-refractivity contribution in [1.82, 2.24) is 9.78 Å². The molecule has 12 heteroatoms. The molecular weight excluding hydrogens is 479 g/mol. The highest BCUT2D eigenvalue weighted by atomic mass is 35.5. The summed E-state index contributed by atoms with van der Waals surface area (Å²) in [7, 11) is -3.11. The van der Waals surface area contributed by atoms with Gasteiger partial charge in [0.25, 0.3) is 5.91 Å². The van der Waals surface area contributed by atoms with Crippen molar-refractivity contribution in [3.63, 3.8) is 0 Å². The molecule has 3 rings (SSSR count). The minimum atomic E-state index is -3.11. The Labute approximate surface area is 194 Å². The Morgan fingerprint density at radius 1 is 1.41 bits per heavy atom. The number of hydrogen-bond donors (Lipinski definition) is 1. The second-order valence-electron chi connectivity index (χ2n) is 7.08. The van der Waals surface area contributed by atoms with E-state index in [1.54, 1.807) is 6.92 Å². The molecule has 1 atom stereocenters. The minimum Gasteiger partial charge on any atom is -0.452 e. The average Bonchev–Trinajstić information content (AvgIpc) is 3.23. The number of halogens is 2. The highest BCUT2D eigenvalue weighted by Gasteiger charge is 2.31. The standard InChI is InChI=1S/C20H18Cl2N4O5S/c1-12-16(20(22)26(25-12)15-6-7-32(29,30)11-15)4-5-19(28)31-10-18(27)24-17-8-14(21)3-2-13(17)9-23/h2-5,8,15H,6-7,10-11H2,1H3,(H,24,27). The molecule has 0 saturated carbocycles. The molecule has 32 heavy (non-hydrogen) atoms. The van der Waals surface area contributed by atoms with E-state index in [0.717, 1.165) is 6.08 Å². The third kappa shape index (κ3) is 5.68. The van der Waals surface area contributed by atoms with E-state index in [0.29, 0.717) is 22.7 Å². The van der Waals surface area contributed by atoms with Crippen LogP contribution in [0.25, 0.3) is 6.08 Å². The highest BCUT2D eigenvalue weighted by Crippen LogP contribution is 2.30. The number of aryl methyl sites for hydroxylation is 1. The molecular formula is C20H18Cl2N4O5S. The minimum absolute atomic E-state index is 0.0334. The molecule has 2 aromatic rings. The van der Waals surface area contributed by atoms with Crippen molar-refractivity contribution in [3.05, 3.63) is 51.3 Å². The molecule has 1 aromatic carbocycles. The lowest BCUT2D eigenvalue weighted by Crippen LogP contribution is -2.20. The molecule has 2 heterocycles. The maximum absolute atomic E-state index is 12.0. The third-order valence-electron chi connectivity index (χ3n) is 4.73. The number of sulfone groups is 1. The van der Waals surface area contributed by atoms with E-state index in [1.165, 1.54) is 29.0 Å². The SMILES string of the molecule is Cc1nn(C2CCS(=O)(=O)C2)c(Cl)c1C=CC(=O)OCC(=O)Nc1cc(Cl)ccc1C#N. The number of amides is 1. The van der Waals surface area contributed by atoms with Crippen LogP contribution in [-0.2, 0) is 24.2 Å². The second kappa shape index (κ2) is 9.73. The summed E-state index contributed by atoms with van der Waals surface area (Å²) in [5.41, 5.74) is 1.40. The molecule has 1 aliphatic heterocycles. The monoisotopic (exact) mass is 496 g/mol. The summed E-state index contributed by atoms with van der Waals surface area (Å²) >= 11 is 12.2. The van der Waals surface area contributed by atoms with E-state index in [2.05, 4.69) is 10.4 Å². The Morgan fingerprint density at radius 3 is 2.81 bits per heavy atom. The number of nitrogens with zero attached hydrogens (tertiary/aromatic N) is 3. The van der Waals surface area contributed by atoms with Gasteiger partial charge in [0.2, 0.25) is 0 Å². The third-order valence-corrected chi connectivity index (χ3v) is 7.10. The number of benzene rings is 1. The van der Waals surface area contributed by atoms with Gasteiger partial charge in [-0.3, -0.25) is 4.79 Å². The van der Waals surface area contributed by atoms with E-state index in [4.69, 9.17) is 33.2 Å². The van der Waals surface area contributed by atoms with Crippen LogP contribution >= 0.6 is 23.2 Å². The molecule has 1 saturated heterocycles. The van der Waals surface area contributed by atoms with Crippen LogP contribution < -0.4 is 5.32 Å².